The lowest BCUT2D eigenvalue weighted by Crippen LogP contribution is -2.52. The average Bonchev–Trinajstić information content (AvgIpc) is 1.97. The van der Waals surface area contributed by atoms with Gasteiger partial charge in [-0.3, -0.25) is 10.1 Å². The molecule has 11 heavy (non-hydrogen) atoms. The number of nitrogens with zero attached hydrogens (tertiary/aromatic N) is 1. The van der Waals surface area contributed by atoms with Crippen LogP contribution in [0.5, 0.6) is 0 Å². The minimum absolute atomic E-state index is 0.307. The Morgan fingerprint density at radius 2 is 2.36 bits per heavy atom. The normalized spacial score (nSPS) is 24.4. The predicted octanol–water partition coefficient (Wildman–Crippen LogP) is -0.583. The molecule has 1 heterocycles. The summed E-state index contributed by atoms with van der Waals surface area (Å²) in [5.74, 6) is 1.42. The summed E-state index contributed by atoms with van der Waals surface area (Å²) < 4.78 is 0. The molecule has 0 radical (unpaired) electrons. The van der Waals surface area contributed by atoms with E-state index in [-0.39, 0.29) is 11.9 Å². The van der Waals surface area contributed by atoms with E-state index in [1.807, 2.05) is 0 Å². The molecular weight excluding hydrogens is 144 g/mol. The lowest BCUT2D eigenvalue weighted by Gasteiger charge is -2.25. The molecule has 0 aromatic carbocycles. The van der Waals surface area contributed by atoms with Crippen molar-refractivity contribution in [2.24, 2.45) is 5.92 Å². The van der Waals surface area contributed by atoms with Gasteiger partial charge in [0.1, 0.15) is 5.92 Å². The summed E-state index contributed by atoms with van der Waals surface area (Å²) in [6.45, 7) is 0.307. The number of nitrogens with one attached hydrogen (secondary N) is 1. The van der Waals surface area contributed by atoms with Gasteiger partial charge in [-0.25, -0.2) is 4.79 Å². The zero-order valence-electron chi connectivity index (χ0n) is 6.13. The summed E-state index contributed by atoms with van der Waals surface area (Å²) in [5, 5.41) is 2.14. The largest absolute Gasteiger partial charge is 0.326 e. The van der Waals surface area contributed by atoms with Gasteiger partial charge < -0.3 is 4.90 Å². The summed E-state index contributed by atoms with van der Waals surface area (Å²) in [5.41, 5.74) is 0. The van der Waals surface area contributed by atoms with Crippen molar-refractivity contribution in [2.75, 3.05) is 13.6 Å². The Bertz CT molecular complexity index is 241. The summed E-state index contributed by atoms with van der Waals surface area (Å²) in [7, 11) is 1.59. The molecule has 1 unspecified atom stereocenters. The third-order valence-corrected chi connectivity index (χ3v) is 1.55. The first-order valence-electron chi connectivity index (χ1n) is 3.17. The van der Waals surface area contributed by atoms with Crippen molar-refractivity contribution in [3.05, 3.63) is 0 Å². The molecule has 0 aromatic heterocycles. The van der Waals surface area contributed by atoms with Crippen molar-refractivity contribution in [1.82, 2.24) is 10.2 Å². The maximum Gasteiger partial charge on any atom is 0.323 e. The number of imide groups is 1. The first-order chi connectivity index (χ1) is 5.15. The molecule has 58 valence electrons. The highest BCUT2D eigenvalue weighted by molar-refractivity contribution is 5.99. The van der Waals surface area contributed by atoms with Crippen LogP contribution in [0.3, 0.4) is 0 Å². The molecule has 1 saturated heterocycles. The average molecular weight is 152 g/mol. The molecule has 1 N–H and O–H groups in total. The molecule has 1 aliphatic rings. The van der Waals surface area contributed by atoms with Crippen LogP contribution >= 0.6 is 0 Å². The molecule has 0 aliphatic carbocycles. The summed E-state index contributed by atoms with van der Waals surface area (Å²) in [6.07, 6.45) is 5.05. The quantitative estimate of drug-likeness (QED) is 0.472. The number of carbonyl (C=O) groups excluding carboxylic acids is 2. The third kappa shape index (κ3) is 1.32. The Hall–Kier alpha value is -1.50. The van der Waals surface area contributed by atoms with E-state index < -0.39 is 5.92 Å². The molecule has 0 saturated carbocycles. The first kappa shape index (κ1) is 7.61. The third-order valence-electron chi connectivity index (χ3n) is 1.55. The van der Waals surface area contributed by atoms with Gasteiger partial charge in [0.05, 0.1) is 0 Å². The first-order valence-corrected chi connectivity index (χ1v) is 3.17. The van der Waals surface area contributed by atoms with Gasteiger partial charge >= 0.3 is 6.03 Å². The minimum Gasteiger partial charge on any atom is -0.326 e. The van der Waals surface area contributed by atoms with Crippen LogP contribution in [0.15, 0.2) is 0 Å². The fraction of sp³-hybridized carbons (Fsp3) is 0.429. The smallest absolute Gasteiger partial charge is 0.323 e. The van der Waals surface area contributed by atoms with Crippen molar-refractivity contribution >= 4 is 11.9 Å². The van der Waals surface area contributed by atoms with Gasteiger partial charge in [-0.1, -0.05) is 5.92 Å². The van der Waals surface area contributed by atoms with Crippen LogP contribution < -0.4 is 5.32 Å². The van der Waals surface area contributed by atoms with E-state index in [1.165, 1.54) is 4.90 Å². The summed E-state index contributed by atoms with van der Waals surface area (Å²) >= 11 is 0. The van der Waals surface area contributed by atoms with Gasteiger partial charge in [-0.15, -0.1) is 6.42 Å². The van der Waals surface area contributed by atoms with Gasteiger partial charge in [-0.2, -0.15) is 0 Å². The summed E-state index contributed by atoms with van der Waals surface area (Å²) in [6, 6.07) is -0.387. The highest BCUT2D eigenvalue weighted by Gasteiger charge is 2.27. The predicted molar refractivity (Wildman–Crippen MR) is 38.5 cm³/mol. The zero-order chi connectivity index (χ0) is 8.43. The van der Waals surface area contributed by atoms with Crippen molar-refractivity contribution < 1.29 is 9.59 Å². The Balaban J connectivity index is 2.71. The Morgan fingerprint density at radius 3 is 2.91 bits per heavy atom. The number of amides is 3. The van der Waals surface area contributed by atoms with E-state index in [9.17, 15) is 9.59 Å². The number of rotatable bonds is 0. The lowest BCUT2D eigenvalue weighted by atomic mass is 10.1. The molecule has 1 atom stereocenters. The van der Waals surface area contributed by atoms with E-state index in [0.717, 1.165) is 0 Å². The van der Waals surface area contributed by atoms with Crippen LogP contribution in [-0.2, 0) is 4.79 Å². The monoisotopic (exact) mass is 152 g/mol. The van der Waals surface area contributed by atoms with Gasteiger partial charge in [0.15, 0.2) is 0 Å². The molecule has 1 rings (SSSR count). The highest BCUT2D eigenvalue weighted by atomic mass is 16.2. The maximum absolute atomic E-state index is 10.9. The molecule has 3 amide bonds. The highest BCUT2D eigenvalue weighted by Crippen LogP contribution is 2.03. The van der Waals surface area contributed by atoms with E-state index in [1.54, 1.807) is 7.05 Å². The Labute approximate surface area is 64.6 Å². The van der Waals surface area contributed by atoms with Crippen LogP contribution in [-0.4, -0.2) is 30.4 Å². The van der Waals surface area contributed by atoms with E-state index in [2.05, 4.69) is 11.2 Å². The fourth-order valence-corrected chi connectivity index (χ4v) is 0.856. The van der Waals surface area contributed by atoms with Crippen molar-refractivity contribution in [1.29, 1.82) is 0 Å². The van der Waals surface area contributed by atoms with Gasteiger partial charge in [0.25, 0.3) is 0 Å². The molecule has 0 aromatic rings. The number of urea groups is 1. The lowest BCUT2D eigenvalue weighted by molar-refractivity contribution is -0.123. The van der Waals surface area contributed by atoms with Crippen molar-refractivity contribution in [3.8, 4) is 12.3 Å². The molecule has 1 fully saturated rings. The molecule has 0 bridgehead atoms. The molecule has 4 nitrogen and oxygen atoms in total. The van der Waals surface area contributed by atoms with Crippen molar-refractivity contribution in [3.63, 3.8) is 0 Å². The zero-order valence-corrected chi connectivity index (χ0v) is 6.13. The molecule has 4 heteroatoms. The van der Waals surface area contributed by atoms with Gasteiger partial charge in [0, 0.05) is 13.6 Å². The molecular formula is C7H8N2O2. The van der Waals surface area contributed by atoms with Gasteiger partial charge in [0.2, 0.25) is 5.91 Å². The van der Waals surface area contributed by atoms with Crippen LogP contribution in [0.2, 0.25) is 0 Å². The standard InChI is InChI=1S/C7H8N2O2/c1-3-5-4-9(2)7(11)8-6(5)10/h1,5H,4H2,2H3,(H,8,10,11). The molecule has 1 aliphatic heterocycles. The van der Waals surface area contributed by atoms with E-state index in [4.69, 9.17) is 6.42 Å². The second kappa shape index (κ2) is 2.62. The van der Waals surface area contributed by atoms with Crippen LogP contribution in [0.1, 0.15) is 0 Å². The number of carbonyl (C=O) groups is 2. The van der Waals surface area contributed by atoms with E-state index in [0.29, 0.717) is 6.54 Å². The van der Waals surface area contributed by atoms with Crippen LogP contribution in [0, 0.1) is 18.3 Å². The summed E-state index contributed by atoms with van der Waals surface area (Å²) in [4.78, 5) is 23.1. The number of hydrogen-bond donors (Lipinski definition) is 1. The van der Waals surface area contributed by atoms with Crippen LogP contribution in [0.25, 0.3) is 0 Å². The minimum atomic E-state index is -0.502. The van der Waals surface area contributed by atoms with E-state index >= 15 is 0 Å². The van der Waals surface area contributed by atoms with Crippen molar-refractivity contribution in [2.45, 2.75) is 0 Å². The number of terminal acetylenes is 1. The Morgan fingerprint density at radius 1 is 1.73 bits per heavy atom. The SMILES string of the molecule is C#CC1CN(C)C(=O)NC1=O. The molecule has 0 spiro atoms. The topological polar surface area (TPSA) is 49.4 Å². The second-order valence-corrected chi connectivity index (χ2v) is 2.39. The fourth-order valence-electron chi connectivity index (χ4n) is 0.856. The second-order valence-electron chi connectivity index (χ2n) is 2.39. The Kier molecular flexibility index (Phi) is 1.81. The van der Waals surface area contributed by atoms with Gasteiger partial charge in [-0.05, 0) is 0 Å². The number of hydrogen-bond acceptors (Lipinski definition) is 2. The van der Waals surface area contributed by atoms with Crippen LogP contribution in [0.4, 0.5) is 4.79 Å². The maximum atomic E-state index is 10.9.